The van der Waals surface area contributed by atoms with Crippen LogP contribution in [-0.4, -0.2) is 89.3 Å². The van der Waals surface area contributed by atoms with Crippen LogP contribution in [0.3, 0.4) is 0 Å². The van der Waals surface area contributed by atoms with Crippen LogP contribution < -0.4 is 11.1 Å². The molecular formula is C36H66N2O7. The maximum Gasteiger partial charge on any atom is 0.139 e. The minimum atomic E-state index is -0.893. The summed E-state index contributed by atoms with van der Waals surface area (Å²) in [5.74, 6) is 1.08. The molecular weight excluding hydrogens is 572 g/mol. The highest BCUT2D eigenvalue weighted by Gasteiger charge is 2.53. The summed E-state index contributed by atoms with van der Waals surface area (Å²) in [4.78, 5) is 14.4. The molecule has 45 heavy (non-hydrogen) atoms. The van der Waals surface area contributed by atoms with E-state index >= 15 is 0 Å². The van der Waals surface area contributed by atoms with E-state index in [0.717, 1.165) is 77.2 Å². The molecule has 7 N–H and O–H groups in total. The molecule has 4 fully saturated rings. The second-order valence-corrected chi connectivity index (χ2v) is 15.7. The molecule has 1 aliphatic heterocycles. The molecule has 1 heterocycles. The van der Waals surface area contributed by atoms with Crippen molar-refractivity contribution in [3.05, 3.63) is 0 Å². The van der Waals surface area contributed by atoms with Gasteiger partial charge in [0.25, 0.3) is 0 Å². The van der Waals surface area contributed by atoms with E-state index < -0.39 is 36.4 Å². The molecule has 262 valence electrons. The summed E-state index contributed by atoms with van der Waals surface area (Å²) in [5.41, 5.74) is 6.16. The molecule has 0 radical (unpaired) electrons. The molecule has 0 aromatic rings. The summed E-state index contributed by atoms with van der Waals surface area (Å²) in [6.07, 6.45) is 10.2. The SMILES string of the molecule is COC1CC(CC[C@@H](O)[C@H](C(=O)CCC2CC(O)C(O)C(OCCCC(C)C)C2)C2(C3CCNC(N)C3)CCCC2)CCC1O. The number of hydrogen-bond donors (Lipinski definition) is 6. The number of Topliss-reactive ketones (excluding diaryl/α,β-unsaturated/α-hetero) is 1. The Morgan fingerprint density at radius 2 is 1.67 bits per heavy atom. The minimum Gasteiger partial charge on any atom is -0.392 e. The van der Waals surface area contributed by atoms with Crippen molar-refractivity contribution in [3.8, 4) is 0 Å². The van der Waals surface area contributed by atoms with Crippen LogP contribution in [0.2, 0.25) is 0 Å². The van der Waals surface area contributed by atoms with Gasteiger partial charge >= 0.3 is 0 Å². The first-order valence-electron chi connectivity index (χ1n) is 18.4. The number of nitrogens with two attached hydrogens (primary N) is 1. The average molecular weight is 639 g/mol. The quantitative estimate of drug-likeness (QED) is 0.137. The third-order valence-corrected chi connectivity index (χ3v) is 12.1. The zero-order valence-electron chi connectivity index (χ0n) is 28.5. The third kappa shape index (κ3) is 9.94. The molecule has 1 saturated heterocycles. The number of nitrogens with one attached hydrogen (secondary N) is 1. The number of ketones is 1. The van der Waals surface area contributed by atoms with Crippen LogP contribution in [-0.2, 0) is 14.3 Å². The standard InChI is InChI=1S/C36H66N2O7/c1-23(2)7-6-18-45-32-21-25(19-30(42)35(32)43)10-13-29(41)34(28(40)12-9-24-8-11-27(39)31(20-24)44-3)36(15-4-5-16-36)26-14-17-38-33(37)22-26/h23-28,30-35,38-40,42-43H,4-22,37H2,1-3H3/t24?,25?,26?,27?,28-,30?,31?,32?,33?,34-,35?/m1/s1. The Morgan fingerprint density at radius 1 is 0.933 bits per heavy atom. The highest BCUT2D eigenvalue weighted by molar-refractivity contribution is 5.82. The van der Waals surface area contributed by atoms with Crippen LogP contribution in [0.15, 0.2) is 0 Å². The van der Waals surface area contributed by atoms with E-state index in [0.29, 0.717) is 62.9 Å². The Hall–Kier alpha value is -0.650. The van der Waals surface area contributed by atoms with Crippen LogP contribution in [0.1, 0.15) is 123 Å². The number of rotatable bonds is 16. The van der Waals surface area contributed by atoms with E-state index in [4.69, 9.17) is 15.2 Å². The van der Waals surface area contributed by atoms with E-state index in [1.54, 1.807) is 7.11 Å². The molecule has 3 aliphatic carbocycles. The number of methoxy groups -OCH3 is 1. The maximum absolute atomic E-state index is 14.4. The molecule has 4 rings (SSSR count). The van der Waals surface area contributed by atoms with E-state index in [2.05, 4.69) is 19.2 Å². The summed E-state index contributed by atoms with van der Waals surface area (Å²) < 4.78 is 11.6. The fourth-order valence-corrected chi connectivity index (χ4v) is 9.61. The average Bonchev–Trinajstić information content (AvgIpc) is 3.50. The first-order valence-corrected chi connectivity index (χ1v) is 18.4. The number of piperidine rings is 1. The van der Waals surface area contributed by atoms with Gasteiger partial charge in [0.1, 0.15) is 11.9 Å². The molecule has 0 bridgehead atoms. The van der Waals surface area contributed by atoms with E-state index in [9.17, 15) is 25.2 Å². The second-order valence-electron chi connectivity index (χ2n) is 15.7. The van der Waals surface area contributed by atoms with E-state index in [1.165, 1.54) is 0 Å². The fourth-order valence-electron chi connectivity index (χ4n) is 9.61. The molecule has 3 saturated carbocycles. The van der Waals surface area contributed by atoms with Crippen molar-refractivity contribution in [2.45, 2.75) is 166 Å². The Balaban J connectivity index is 1.44. The topological polar surface area (TPSA) is 154 Å². The first kappa shape index (κ1) is 37.2. The van der Waals surface area contributed by atoms with Gasteiger partial charge in [-0.15, -0.1) is 0 Å². The molecule has 0 spiro atoms. The van der Waals surface area contributed by atoms with Gasteiger partial charge in [-0.1, -0.05) is 26.7 Å². The number of aliphatic hydroxyl groups is 4. The van der Waals surface area contributed by atoms with Crippen molar-refractivity contribution in [2.24, 2.45) is 40.7 Å². The van der Waals surface area contributed by atoms with Gasteiger partial charge in [-0.3, -0.25) is 4.79 Å². The van der Waals surface area contributed by atoms with Crippen molar-refractivity contribution < 1.29 is 34.7 Å². The molecule has 11 atom stereocenters. The van der Waals surface area contributed by atoms with Gasteiger partial charge in [-0.05, 0) is 126 Å². The highest BCUT2D eigenvalue weighted by atomic mass is 16.5. The summed E-state index contributed by atoms with van der Waals surface area (Å²) in [6, 6.07) is 0. The fraction of sp³-hybridized carbons (Fsp3) is 0.972. The number of carbonyl (C=O) groups is 1. The van der Waals surface area contributed by atoms with E-state index in [-0.39, 0.29) is 29.4 Å². The normalized spacial score (nSPS) is 37.0. The predicted octanol–water partition coefficient (Wildman–Crippen LogP) is 4.07. The Morgan fingerprint density at radius 3 is 2.36 bits per heavy atom. The number of hydrogen-bond acceptors (Lipinski definition) is 9. The number of aliphatic hydroxyl groups excluding tert-OH is 4. The zero-order valence-corrected chi connectivity index (χ0v) is 28.5. The summed E-state index contributed by atoms with van der Waals surface area (Å²) >= 11 is 0. The molecule has 4 aliphatic rings. The maximum atomic E-state index is 14.4. The van der Waals surface area contributed by atoms with Gasteiger partial charge in [0.15, 0.2) is 0 Å². The molecule has 0 aromatic heterocycles. The minimum absolute atomic E-state index is 0.0820. The van der Waals surface area contributed by atoms with Crippen molar-refractivity contribution >= 4 is 5.78 Å². The van der Waals surface area contributed by atoms with Gasteiger partial charge in [0.2, 0.25) is 0 Å². The Bertz CT molecular complexity index is 883. The lowest BCUT2D eigenvalue weighted by Gasteiger charge is -2.48. The van der Waals surface area contributed by atoms with Crippen molar-refractivity contribution in [1.82, 2.24) is 5.32 Å². The second kappa shape index (κ2) is 17.7. The van der Waals surface area contributed by atoms with Crippen LogP contribution in [0, 0.1) is 35.0 Å². The lowest BCUT2D eigenvalue weighted by molar-refractivity contribution is -0.140. The van der Waals surface area contributed by atoms with Gasteiger partial charge in [-0.2, -0.15) is 0 Å². The van der Waals surface area contributed by atoms with E-state index in [1.807, 2.05) is 0 Å². The van der Waals surface area contributed by atoms with Crippen LogP contribution >= 0.6 is 0 Å². The smallest absolute Gasteiger partial charge is 0.139 e. The molecule has 9 heteroatoms. The molecule has 0 amide bonds. The van der Waals surface area contributed by atoms with Gasteiger partial charge in [-0.25, -0.2) is 0 Å². The van der Waals surface area contributed by atoms with Crippen molar-refractivity contribution in [2.75, 3.05) is 20.3 Å². The summed E-state index contributed by atoms with van der Waals surface area (Å²) in [6.45, 7) is 5.78. The molecule has 9 unspecified atom stereocenters. The van der Waals surface area contributed by atoms with Gasteiger partial charge < -0.3 is 41.0 Å². The third-order valence-electron chi connectivity index (χ3n) is 12.1. The van der Waals surface area contributed by atoms with Gasteiger partial charge in [0.05, 0.1) is 36.7 Å². The lowest BCUT2D eigenvalue weighted by Crippen LogP contribution is -2.53. The van der Waals surface area contributed by atoms with Crippen LogP contribution in [0.25, 0.3) is 0 Å². The van der Waals surface area contributed by atoms with Crippen molar-refractivity contribution in [1.29, 1.82) is 0 Å². The van der Waals surface area contributed by atoms with Crippen molar-refractivity contribution in [3.63, 3.8) is 0 Å². The summed E-state index contributed by atoms with van der Waals surface area (Å²) in [5, 5.41) is 47.0. The monoisotopic (exact) mass is 638 g/mol. The number of carbonyl (C=O) groups excluding carboxylic acids is 1. The Kier molecular flexibility index (Phi) is 14.6. The number of ether oxygens (including phenoxy) is 2. The zero-order chi connectivity index (χ0) is 32.6. The largest absolute Gasteiger partial charge is 0.392 e. The highest BCUT2D eigenvalue weighted by Crippen LogP contribution is 2.55. The first-order chi connectivity index (χ1) is 21.5. The predicted molar refractivity (Wildman–Crippen MR) is 175 cm³/mol. The molecule has 0 aromatic carbocycles. The molecule has 9 nitrogen and oxygen atoms in total. The van der Waals surface area contributed by atoms with Crippen LogP contribution in [0.5, 0.6) is 0 Å². The van der Waals surface area contributed by atoms with Gasteiger partial charge in [0, 0.05) is 26.1 Å². The lowest BCUT2D eigenvalue weighted by atomic mass is 9.58. The Labute approximate surface area is 272 Å². The van der Waals surface area contributed by atoms with Crippen LogP contribution in [0.4, 0.5) is 0 Å². The summed E-state index contributed by atoms with van der Waals surface area (Å²) in [7, 11) is 1.65.